The molecule has 2 N–H and O–H groups in total. The number of nitrogens with one attached hydrogen (secondary N) is 1. The molecule has 0 unspecified atom stereocenters. The summed E-state index contributed by atoms with van der Waals surface area (Å²) in [6.07, 6.45) is 2.36. The van der Waals surface area contributed by atoms with E-state index in [4.69, 9.17) is 14.6 Å². The Hall–Kier alpha value is -1.97. The Bertz CT molecular complexity index is 721. The van der Waals surface area contributed by atoms with E-state index in [1.807, 2.05) is 0 Å². The van der Waals surface area contributed by atoms with Crippen LogP contribution in [0.2, 0.25) is 0 Å². The van der Waals surface area contributed by atoms with Crippen molar-refractivity contribution < 1.29 is 32.2 Å². The van der Waals surface area contributed by atoms with Gasteiger partial charge in [-0.3, -0.25) is 0 Å². The molecule has 0 aromatic heterocycles. The molecule has 1 aromatic rings. The number of hydrogen-bond donors (Lipinski definition) is 2. The van der Waals surface area contributed by atoms with Gasteiger partial charge in [-0.05, 0) is 31.0 Å². The van der Waals surface area contributed by atoms with Crippen LogP contribution in [0.4, 0.5) is 4.39 Å². The van der Waals surface area contributed by atoms with Gasteiger partial charge in [0, 0.05) is 6.61 Å². The highest BCUT2D eigenvalue weighted by atomic mass is 32.2. The number of benzene rings is 1. The second-order valence-electron chi connectivity index (χ2n) is 5.22. The predicted octanol–water partition coefficient (Wildman–Crippen LogP) is 1.30. The number of carboxylic acid groups (broad SMARTS) is 1. The number of aliphatic carboxylic acids is 1. The number of halogens is 1. The van der Waals surface area contributed by atoms with Gasteiger partial charge in [0.2, 0.25) is 10.0 Å². The largest absolute Gasteiger partial charge is 0.479 e. The van der Waals surface area contributed by atoms with Gasteiger partial charge in [-0.1, -0.05) is 6.08 Å². The second kappa shape index (κ2) is 7.73. The van der Waals surface area contributed by atoms with Crippen LogP contribution in [0.5, 0.6) is 5.75 Å². The molecule has 132 valence electrons. The molecule has 1 saturated heterocycles. The molecule has 0 amide bonds. The van der Waals surface area contributed by atoms with Gasteiger partial charge in [-0.2, -0.15) is 0 Å². The van der Waals surface area contributed by atoms with Gasteiger partial charge >= 0.3 is 5.97 Å². The smallest absolute Gasteiger partial charge is 0.341 e. The summed E-state index contributed by atoms with van der Waals surface area (Å²) in [5.74, 6) is -2.55. The number of carboxylic acids is 1. The fourth-order valence-corrected chi connectivity index (χ4v) is 3.63. The van der Waals surface area contributed by atoms with Gasteiger partial charge < -0.3 is 14.6 Å². The van der Waals surface area contributed by atoms with Gasteiger partial charge in [0.15, 0.2) is 18.2 Å². The Labute approximate surface area is 139 Å². The average Bonchev–Trinajstić information content (AvgIpc) is 2.53. The van der Waals surface area contributed by atoms with Crippen molar-refractivity contribution >= 4 is 16.0 Å². The molecule has 1 heterocycles. The molecule has 0 radical (unpaired) electrons. The van der Waals surface area contributed by atoms with Gasteiger partial charge in [0.1, 0.15) is 0 Å². The first-order valence-corrected chi connectivity index (χ1v) is 8.72. The predicted molar refractivity (Wildman–Crippen MR) is 82.8 cm³/mol. The maximum absolute atomic E-state index is 13.9. The summed E-state index contributed by atoms with van der Waals surface area (Å²) in [7, 11) is -3.96. The minimum atomic E-state index is -3.96. The average molecular weight is 359 g/mol. The monoisotopic (exact) mass is 359 g/mol. The Morgan fingerprint density at radius 3 is 2.92 bits per heavy atom. The molecule has 2 rings (SSSR count). The minimum Gasteiger partial charge on any atom is -0.479 e. The van der Waals surface area contributed by atoms with Crippen LogP contribution in [0.25, 0.3) is 0 Å². The van der Waals surface area contributed by atoms with Gasteiger partial charge in [-0.15, -0.1) is 6.58 Å². The van der Waals surface area contributed by atoms with Crippen LogP contribution in [0, 0.1) is 5.82 Å². The SMILES string of the molecule is C=C[C@@H]1OCCC[C@H]1NS(=O)(=O)c1ccc(OCC(=O)O)c(F)c1. The summed E-state index contributed by atoms with van der Waals surface area (Å²) in [5, 5.41) is 8.51. The van der Waals surface area contributed by atoms with Crippen LogP contribution in [0.1, 0.15) is 12.8 Å². The lowest BCUT2D eigenvalue weighted by atomic mass is 10.0. The molecular weight excluding hydrogens is 341 g/mol. The van der Waals surface area contributed by atoms with E-state index < -0.39 is 40.6 Å². The zero-order valence-corrected chi connectivity index (χ0v) is 13.6. The summed E-state index contributed by atoms with van der Waals surface area (Å²) < 4.78 is 51.3. The zero-order chi connectivity index (χ0) is 17.7. The molecule has 24 heavy (non-hydrogen) atoms. The van der Waals surface area contributed by atoms with E-state index in [2.05, 4.69) is 11.3 Å². The van der Waals surface area contributed by atoms with E-state index in [9.17, 15) is 17.6 Å². The summed E-state index contributed by atoms with van der Waals surface area (Å²) in [4.78, 5) is 10.1. The minimum absolute atomic E-state index is 0.281. The van der Waals surface area contributed by atoms with Gasteiger partial charge in [0.05, 0.1) is 17.0 Å². The summed E-state index contributed by atoms with van der Waals surface area (Å²) in [6.45, 7) is 3.42. The first-order valence-electron chi connectivity index (χ1n) is 7.24. The molecule has 1 aromatic carbocycles. The van der Waals surface area contributed by atoms with E-state index in [-0.39, 0.29) is 10.6 Å². The summed E-state index contributed by atoms with van der Waals surface area (Å²) >= 11 is 0. The lowest BCUT2D eigenvalue weighted by Crippen LogP contribution is -2.46. The standard InChI is InChI=1S/C15H18FNO6S/c1-2-13-12(4-3-7-22-13)17-24(20,21)10-5-6-14(11(16)8-10)23-9-15(18)19/h2,5-6,8,12-13,17H,1,3-4,7,9H2,(H,18,19)/t12-,13+/m1/s1. The topological polar surface area (TPSA) is 102 Å². The maximum atomic E-state index is 13.9. The Morgan fingerprint density at radius 2 is 2.29 bits per heavy atom. The third-order valence-corrected chi connectivity index (χ3v) is 4.96. The molecule has 2 atom stereocenters. The van der Waals surface area contributed by atoms with Crippen molar-refractivity contribution in [2.45, 2.75) is 29.9 Å². The van der Waals surface area contributed by atoms with Crippen LogP contribution in [0.3, 0.4) is 0 Å². The highest BCUT2D eigenvalue weighted by molar-refractivity contribution is 7.89. The summed E-state index contributed by atoms with van der Waals surface area (Å²) in [5.41, 5.74) is 0. The summed E-state index contributed by atoms with van der Waals surface area (Å²) in [6, 6.07) is 2.53. The fraction of sp³-hybridized carbons (Fsp3) is 0.400. The second-order valence-corrected chi connectivity index (χ2v) is 6.93. The number of rotatable bonds is 7. The highest BCUT2D eigenvalue weighted by Crippen LogP contribution is 2.23. The molecule has 9 heteroatoms. The van der Waals surface area contributed by atoms with Crippen molar-refractivity contribution in [2.75, 3.05) is 13.2 Å². The molecule has 1 aliphatic rings. The Kier molecular flexibility index (Phi) is 5.92. The molecular formula is C15H18FNO6S. The van der Waals surface area contributed by atoms with E-state index in [0.29, 0.717) is 19.4 Å². The number of hydrogen-bond acceptors (Lipinski definition) is 5. The number of carbonyl (C=O) groups is 1. The van der Waals surface area contributed by atoms with E-state index in [0.717, 1.165) is 18.2 Å². The van der Waals surface area contributed by atoms with Crippen LogP contribution in [-0.2, 0) is 19.6 Å². The quantitative estimate of drug-likeness (QED) is 0.712. The molecule has 0 spiro atoms. The van der Waals surface area contributed by atoms with E-state index in [1.54, 1.807) is 0 Å². The molecule has 0 aliphatic carbocycles. The van der Waals surface area contributed by atoms with Crippen molar-refractivity contribution in [1.82, 2.24) is 4.72 Å². The zero-order valence-electron chi connectivity index (χ0n) is 12.8. The van der Waals surface area contributed by atoms with Crippen LogP contribution < -0.4 is 9.46 Å². The molecule has 1 fully saturated rings. The van der Waals surface area contributed by atoms with E-state index >= 15 is 0 Å². The van der Waals surface area contributed by atoms with Crippen molar-refractivity contribution in [1.29, 1.82) is 0 Å². The fourth-order valence-electron chi connectivity index (χ4n) is 2.33. The van der Waals surface area contributed by atoms with Crippen molar-refractivity contribution in [2.24, 2.45) is 0 Å². The number of sulfonamides is 1. The maximum Gasteiger partial charge on any atom is 0.341 e. The molecule has 1 aliphatic heterocycles. The Morgan fingerprint density at radius 1 is 1.54 bits per heavy atom. The lowest BCUT2D eigenvalue weighted by molar-refractivity contribution is -0.139. The first-order chi connectivity index (χ1) is 11.3. The van der Waals surface area contributed by atoms with Gasteiger partial charge in [-0.25, -0.2) is 22.3 Å². The van der Waals surface area contributed by atoms with Crippen LogP contribution in [0.15, 0.2) is 35.7 Å². The third-order valence-electron chi connectivity index (χ3n) is 3.47. The Balaban J connectivity index is 2.15. The van der Waals surface area contributed by atoms with Crippen molar-refractivity contribution in [3.8, 4) is 5.75 Å². The highest BCUT2D eigenvalue weighted by Gasteiger charge is 2.29. The first kappa shape index (κ1) is 18.4. The normalized spacial score (nSPS) is 21.2. The molecule has 0 bridgehead atoms. The third kappa shape index (κ3) is 4.53. The van der Waals surface area contributed by atoms with Gasteiger partial charge in [0.25, 0.3) is 0 Å². The van der Waals surface area contributed by atoms with Crippen molar-refractivity contribution in [3.05, 3.63) is 36.7 Å². The van der Waals surface area contributed by atoms with Crippen LogP contribution in [-0.4, -0.2) is 44.9 Å². The lowest BCUT2D eigenvalue weighted by Gasteiger charge is -2.30. The van der Waals surface area contributed by atoms with Crippen molar-refractivity contribution in [3.63, 3.8) is 0 Å². The van der Waals surface area contributed by atoms with E-state index in [1.165, 1.54) is 6.08 Å². The van der Waals surface area contributed by atoms with Crippen LogP contribution >= 0.6 is 0 Å². The molecule has 0 saturated carbocycles. The number of ether oxygens (including phenoxy) is 2. The molecule has 7 nitrogen and oxygen atoms in total.